The third-order valence-corrected chi connectivity index (χ3v) is 5.44. The summed E-state index contributed by atoms with van der Waals surface area (Å²) < 4.78 is 5.54. The Morgan fingerprint density at radius 2 is 1.94 bits per heavy atom. The Morgan fingerprint density at radius 3 is 2.44 bits per heavy atom. The van der Waals surface area contributed by atoms with Crippen LogP contribution in [0.1, 0.15) is 13.8 Å². The number of Topliss-reactive ketones (excluding diaryl/α,β-unsaturated/α-hetero) is 1. The number of rotatable bonds is 1. The summed E-state index contributed by atoms with van der Waals surface area (Å²) in [6, 6.07) is 0. The Kier molecular flexibility index (Phi) is 2.71. The van der Waals surface area contributed by atoms with Gasteiger partial charge in [-0.25, -0.2) is 0 Å². The molecule has 0 aromatic heterocycles. The minimum atomic E-state index is -1.54. The van der Waals surface area contributed by atoms with E-state index in [1.54, 1.807) is 0 Å². The van der Waals surface area contributed by atoms with Crippen molar-refractivity contribution >= 4 is 13.9 Å². The van der Waals surface area contributed by atoms with Gasteiger partial charge in [-0.1, -0.05) is 25.2 Å². The highest BCUT2D eigenvalue weighted by atomic mass is 28.3. The van der Waals surface area contributed by atoms with Crippen LogP contribution in [0.4, 0.5) is 0 Å². The number of hydrogen-bond donors (Lipinski definition) is 0. The molecule has 2 aliphatic rings. The van der Waals surface area contributed by atoms with E-state index < -0.39 is 8.07 Å². The van der Waals surface area contributed by atoms with Crippen LogP contribution >= 0.6 is 0 Å². The quantitative estimate of drug-likeness (QED) is 0.517. The summed E-state index contributed by atoms with van der Waals surface area (Å²) >= 11 is 0. The number of ether oxygens (including phenoxy) is 1. The van der Waals surface area contributed by atoms with Gasteiger partial charge in [0.15, 0.2) is 5.78 Å². The summed E-state index contributed by atoms with van der Waals surface area (Å²) in [5, 5.41) is 1.13. The van der Waals surface area contributed by atoms with E-state index in [9.17, 15) is 4.79 Å². The molecule has 0 saturated carbocycles. The van der Waals surface area contributed by atoms with Gasteiger partial charge in [-0.3, -0.25) is 4.79 Å². The number of carbonyl (C=O) groups is 1. The molecule has 0 aromatic carbocycles. The topological polar surface area (TPSA) is 26.3 Å². The maximum atomic E-state index is 12.5. The lowest BCUT2D eigenvalue weighted by Crippen LogP contribution is -2.29. The average Bonchev–Trinajstić information content (AvgIpc) is 2.58. The molecule has 1 heterocycles. The van der Waals surface area contributed by atoms with Gasteiger partial charge in [-0.05, 0) is 24.6 Å². The smallest absolute Gasteiger partial charge is 0.181 e. The Morgan fingerprint density at radius 1 is 1.31 bits per heavy atom. The lowest BCUT2D eigenvalue weighted by atomic mass is 9.96. The summed E-state index contributed by atoms with van der Waals surface area (Å²) in [5.74, 6) is 0.599. The van der Waals surface area contributed by atoms with E-state index in [0.717, 1.165) is 16.3 Å². The first-order chi connectivity index (χ1) is 7.34. The molecule has 1 aliphatic carbocycles. The standard InChI is InChI=1S/C13H20O2Si/c1-8(2)11-9-6-15-7-10(9)13(12(11)14)16(3,4)5/h9H,6-7H2,1-5H3. The Labute approximate surface area is 98.4 Å². The maximum absolute atomic E-state index is 12.5. The van der Waals surface area contributed by atoms with Crippen molar-refractivity contribution in [2.45, 2.75) is 33.5 Å². The molecule has 16 heavy (non-hydrogen) atoms. The van der Waals surface area contributed by atoms with Crippen LogP contribution in [0.2, 0.25) is 19.6 Å². The summed E-state index contributed by atoms with van der Waals surface area (Å²) in [7, 11) is -1.54. The Bertz CT molecular complexity index is 406. The lowest BCUT2D eigenvalue weighted by molar-refractivity contribution is -0.111. The van der Waals surface area contributed by atoms with Crippen molar-refractivity contribution in [2.75, 3.05) is 13.2 Å². The molecule has 2 nitrogen and oxygen atoms in total. The monoisotopic (exact) mass is 236 g/mol. The highest BCUT2D eigenvalue weighted by molar-refractivity contribution is 6.88. The molecule has 0 bridgehead atoms. The summed E-state index contributed by atoms with van der Waals surface area (Å²) in [4.78, 5) is 12.5. The zero-order valence-electron chi connectivity index (χ0n) is 10.8. The maximum Gasteiger partial charge on any atom is 0.181 e. The minimum absolute atomic E-state index is 0.277. The molecule has 1 atom stereocenters. The second kappa shape index (κ2) is 3.67. The molecule has 3 heteroatoms. The Balaban J connectivity index is 2.57. The fraction of sp³-hybridized carbons (Fsp3) is 0.615. The molecule has 1 unspecified atom stereocenters. The van der Waals surface area contributed by atoms with Gasteiger partial charge in [-0.15, -0.1) is 0 Å². The predicted molar refractivity (Wildman–Crippen MR) is 68.1 cm³/mol. The van der Waals surface area contributed by atoms with Gasteiger partial charge < -0.3 is 4.74 Å². The average molecular weight is 236 g/mol. The second-order valence-electron chi connectivity index (χ2n) is 5.96. The van der Waals surface area contributed by atoms with Gasteiger partial charge in [-0.2, -0.15) is 0 Å². The van der Waals surface area contributed by atoms with Crippen LogP contribution in [-0.2, 0) is 9.53 Å². The summed E-state index contributed by atoms with van der Waals surface area (Å²) in [6.45, 7) is 12.2. The van der Waals surface area contributed by atoms with E-state index in [4.69, 9.17) is 4.74 Å². The van der Waals surface area contributed by atoms with Crippen molar-refractivity contribution in [3.63, 3.8) is 0 Å². The van der Waals surface area contributed by atoms with E-state index >= 15 is 0 Å². The molecule has 2 rings (SSSR count). The third-order valence-electron chi connectivity index (χ3n) is 3.39. The first kappa shape index (κ1) is 11.8. The van der Waals surface area contributed by atoms with E-state index in [1.165, 1.54) is 5.57 Å². The minimum Gasteiger partial charge on any atom is -0.376 e. The zero-order chi connectivity index (χ0) is 12.1. The van der Waals surface area contributed by atoms with Crippen molar-refractivity contribution in [3.05, 3.63) is 21.9 Å². The van der Waals surface area contributed by atoms with Crippen LogP contribution < -0.4 is 0 Å². The third kappa shape index (κ3) is 1.62. The van der Waals surface area contributed by atoms with E-state index in [2.05, 4.69) is 19.6 Å². The number of hydrogen-bond acceptors (Lipinski definition) is 2. The van der Waals surface area contributed by atoms with Crippen LogP contribution in [0, 0.1) is 5.92 Å². The van der Waals surface area contributed by atoms with Crippen LogP contribution in [0.3, 0.4) is 0 Å². The van der Waals surface area contributed by atoms with Gasteiger partial charge in [0.25, 0.3) is 0 Å². The zero-order valence-corrected chi connectivity index (χ0v) is 11.8. The van der Waals surface area contributed by atoms with E-state index in [1.807, 2.05) is 13.8 Å². The largest absolute Gasteiger partial charge is 0.376 e. The first-order valence-electron chi connectivity index (χ1n) is 5.87. The first-order valence-corrected chi connectivity index (χ1v) is 9.37. The van der Waals surface area contributed by atoms with Crippen molar-refractivity contribution in [2.24, 2.45) is 5.92 Å². The van der Waals surface area contributed by atoms with Crippen molar-refractivity contribution in [3.8, 4) is 0 Å². The summed E-state index contributed by atoms with van der Waals surface area (Å²) in [5.41, 5.74) is 3.47. The lowest BCUT2D eigenvalue weighted by Gasteiger charge is -2.18. The molecule has 0 radical (unpaired) electrons. The van der Waals surface area contributed by atoms with Crippen LogP contribution in [-0.4, -0.2) is 27.1 Å². The van der Waals surface area contributed by atoms with Gasteiger partial charge >= 0.3 is 0 Å². The fourth-order valence-corrected chi connectivity index (χ4v) is 4.85. The molecule has 0 spiro atoms. The molecular formula is C13H20O2Si. The Hall–Kier alpha value is -0.673. The number of allylic oxidation sites excluding steroid dienone is 2. The van der Waals surface area contributed by atoms with Crippen molar-refractivity contribution in [1.29, 1.82) is 0 Å². The SMILES string of the molecule is CC(C)=C1C(=O)C([Si](C)(C)C)=C2COCC21. The molecule has 88 valence electrons. The van der Waals surface area contributed by atoms with Crippen LogP contribution in [0.5, 0.6) is 0 Å². The van der Waals surface area contributed by atoms with Gasteiger partial charge in [0.1, 0.15) is 0 Å². The van der Waals surface area contributed by atoms with Crippen molar-refractivity contribution in [1.82, 2.24) is 0 Å². The molecule has 1 saturated heterocycles. The second-order valence-corrected chi connectivity index (χ2v) is 11.0. The molecule has 0 amide bonds. The fourth-order valence-electron chi connectivity index (χ4n) is 2.83. The predicted octanol–water partition coefficient (Wildman–Crippen LogP) is 2.73. The molecule has 0 aromatic rings. The highest BCUT2D eigenvalue weighted by Gasteiger charge is 2.44. The highest BCUT2D eigenvalue weighted by Crippen LogP contribution is 2.42. The molecule has 0 N–H and O–H groups in total. The molecule has 1 aliphatic heterocycles. The van der Waals surface area contributed by atoms with Crippen molar-refractivity contribution < 1.29 is 9.53 Å². The van der Waals surface area contributed by atoms with Gasteiger partial charge in [0.05, 0.1) is 21.3 Å². The van der Waals surface area contributed by atoms with Crippen LogP contribution in [0.25, 0.3) is 0 Å². The summed E-state index contributed by atoms with van der Waals surface area (Å²) in [6.07, 6.45) is 0. The number of ketones is 1. The van der Waals surface area contributed by atoms with E-state index in [0.29, 0.717) is 19.0 Å². The molecule has 1 fully saturated rings. The van der Waals surface area contributed by atoms with Gasteiger partial charge in [0, 0.05) is 11.5 Å². The van der Waals surface area contributed by atoms with Crippen LogP contribution in [0.15, 0.2) is 21.9 Å². The number of carbonyl (C=O) groups excluding carboxylic acids is 1. The van der Waals surface area contributed by atoms with E-state index in [-0.39, 0.29) is 5.92 Å². The molecular weight excluding hydrogens is 216 g/mol. The van der Waals surface area contributed by atoms with Gasteiger partial charge in [0.2, 0.25) is 0 Å². The normalized spacial score (nSPS) is 25.4. The number of fused-ring (bicyclic) bond motifs is 1.